The molecule has 4 heteroatoms. The van der Waals surface area contributed by atoms with Crippen molar-refractivity contribution in [3.63, 3.8) is 0 Å². The van der Waals surface area contributed by atoms with Crippen molar-refractivity contribution in [1.82, 2.24) is 0 Å². The molecule has 0 bridgehead atoms. The Morgan fingerprint density at radius 3 is 2.62 bits per heavy atom. The van der Waals surface area contributed by atoms with Crippen LogP contribution >= 0.6 is 11.6 Å². The highest BCUT2D eigenvalue weighted by molar-refractivity contribution is 6.17. The molecule has 0 saturated carbocycles. The summed E-state index contributed by atoms with van der Waals surface area (Å²) in [4.78, 5) is 0. The van der Waals surface area contributed by atoms with E-state index in [9.17, 15) is 8.78 Å². The van der Waals surface area contributed by atoms with E-state index < -0.39 is 6.61 Å². The summed E-state index contributed by atoms with van der Waals surface area (Å²) in [6.07, 6.45) is 0. The molecule has 0 radical (unpaired) electrons. The molecule has 0 aromatic heterocycles. The van der Waals surface area contributed by atoms with E-state index in [4.69, 9.17) is 11.6 Å². The van der Waals surface area contributed by atoms with Gasteiger partial charge in [-0.15, -0.1) is 11.6 Å². The molecule has 0 aliphatic rings. The van der Waals surface area contributed by atoms with E-state index in [0.29, 0.717) is 5.88 Å². The predicted molar refractivity (Wildman–Crippen MR) is 47.4 cm³/mol. The van der Waals surface area contributed by atoms with Crippen molar-refractivity contribution >= 4 is 11.6 Å². The van der Waals surface area contributed by atoms with Crippen molar-refractivity contribution in [3.05, 3.63) is 29.3 Å². The van der Waals surface area contributed by atoms with Crippen LogP contribution in [-0.2, 0) is 5.88 Å². The molecule has 1 aromatic carbocycles. The van der Waals surface area contributed by atoms with Gasteiger partial charge in [-0.3, -0.25) is 0 Å². The van der Waals surface area contributed by atoms with Crippen LogP contribution in [0.25, 0.3) is 0 Å². The Hall–Kier alpha value is -0.830. The van der Waals surface area contributed by atoms with Crippen LogP contribution in [0.5, 0.6) is 5.75 Å². The van der Waals surface area contributed by atoms with Gasteiger partial charge in [-0.05, 0) is 30.2 Å². The van der Waals surface area contributed by atoms with E-state index in [-0.39, 0.29) is 5.75 Å². The van der Waals surface area contributed by atoms with Crippen LogP contribution in [0.3, 0.4) is 0 Å². The second kappa shape index (κ2) is 4.42. The van der Waals surface area contributed by atoms with Crippen LogP contribution in [0, 0.1) is 6.92 Å². The Kier molecular flexibility index (Phi) is 3.48. The maximum atomic E-state index is 11.8. The number of ether oxygens (including phenoxy) is 1. The summed E-state index contributed by atoms with van der Waals surface area (Å²) in [5.74, 6) is 0.451. The lowest BCUT2D eigenvalue weighted by Crippen LogP contribution is -2.02. The first-order chi connectivity index (χ1) is 6.11. The van der Waals surface area contributed by atoms with Crippen LogP contribution in [-0.4, -0.2) is 6.61 Å². The maximum Gasteiger partial charge on any atom is 0.387 e. The third kappa shape index (κ3) is 3.19. The van der Waals surface area contributed by atoms with Gasteiger partial charge in [-0.25, -0.2) is 0 Å². The first-order valence-electron chi connectivity index (χ1n) is 3.73. The summed E-state index contributed by atoms with van der Waals surface area (Å²) < 4.78 is 27.9. The topological polar surface area (TPSA) is 9.23 Å². The van der Waals surface area contributed by atoms with Gasteiger partial charge in [-0.2, -0.15) is 8.78 Å². The molecular weight excluding hydrogens is 198 g/mol. The Bertz CT molecular complexity index is 289. The standard InChI is InChI=1S/C9H9ClF2O/c1-6-2-7(5-10)4-8(3-6)13-9(11)12/h2-4,9H,5H2,1H3. The molecule has 0 spiro atoms. The summed E-state index contributed by atoms with van der Waals surface area (Å²) in [6, 6.07) is 4.87. The normalized spacial score (nSPS) is 10.5. The first-order valence-corrected chi connectivity index (χ1v) is 4.26. The minimum atomic E-state index is -2.79. The molecule has 0 amide bonds. The Morgan fingerprint density at radius 1 is 1.38 bits per heavy atom. The minimum Gasteiger partial charge on any atom is -0.435 e. The minimum absolute atomic E-state index is 0.158. The average Bonchev–Trinajstić information content (AvgIpc) is 2.01. The number of benzene rings is 1. The lowest BCUT2D eigenvalue weighted by atomic mass is 10.1. The van der Waals surface area contributed by atoms with Gasteiger partial charge in [0, 0.05) is 5.88 Å². The Balaban J connectivity index is 2.88. The molecule has 0 fully saturated rings. The monoisotopic (exact) mass is 206 g/mol. The van der Waals surface area contributed by atoms with Crippen LogP contribution in [0.4, 0.5) is 8.78 Å². The Morgan fingerprint density at radius 2 is 2.08 bits per heavy atom. The summed E-state index contributed by atoms with van der Waals surface area (Å²) in [6.45, 7) is -0.987. The summed E-state index contributed by atoms with van der Waals surface area (Å²) in [7, 11) is 0. The van der Waals surface area contributed by atoms with Crippen molar-refractivity contribution in [1.29, 1.82) is 0 Å². The van der Waals surface area contributed by atoms with Crippen molar-refractivity contribution in [2.75, 3.05) is 0 Å². The SMILES string of the molecule is Cc1cc(CCl)cc(OC(F)F)c1. The molecule has 0 atom stereocenters. The van der Waals surface area contributed by atoms with Crippen LogP contribution in [0.2, 0.25) is 0 Å². The van der Waals surface area contributed by atoms with Gasteiger partial charge >= 0.3 is 6.61 Å². The summed E-state index contributed by atoms with van der Waals surface area (Å²) in [5.41, 5.74) is 1.63. The van der Waals surface area contributed by atoms with E-state index in [1.165, 1.54) is 6.07 Å². The second-order valence-corrected chi connectivity index (χ2v) is 2.93. The quantitative estimate of drug-likeness (QED) is 0.690. The lowest BCUT2D eigenvalue weighted by molar-refractivity contribution is -0.0498. The van der Waals surface area contributed by atoms with Gasteiger partial charge in [0.25, 0.3) is 0 Å². The first kappa shape index (κ1) is 10.3. The molecule has 1 rings (SSSR count). The molecule has 0 heterocycles. The lowest BCUT2D eigenvalue weighted by Gasteiger charge is -2.06. The third-order valence-electron chi connectivity index (χ3n) is 1.49. The molecule has 1 aromatic rings. The molecule has 0 saturated heterocycles. The number of alkyl halides is 3. The van der Waals surface area contributed by atoms with Crippen LogP contribution in [0.15, 0.2) is 18.2 Å². The van der Waals surface area contributed by atoms with Gasteiger partial charge in [0.15, 0.2) is 0 Å². The number of rotatable bonds is 3. The molecule has 0 unspecified atom stereocenters. The Labute approximate surface area is 80.3 Å². The summed E-state index contributed by atoms with van der Waals surface area (Å²) in [5, 5.41) is 0. The van der Waals surface area contributed by atoms with Gasteiger partial charge in [-0.1, -0.05) is 6.07 Å². The highest BCUT2D eigenvalue weighted by atomic mass is 35.5. The second-order valence-electron chi connectivity index (χ2n) is 2.67. The number of hydrogen-bond donors (Lipinski definition) is 0. The number of hydrogen-bond acceptors (Lipinski definition) is 1. The fourth-order valence-corrected chi connectivity index (χ4v) is 1.23. The molecule has 0 aliphatic heterocycles. The molecule has 13 heavy (non-hydrogen) atoms. The molecule has 1 nitrogen and oxygen atoms in total. The van der Waals surface area contributed by atoms with E-state index in [2.05, 4.69) is 4.74 Å². The smallest absolute Gasteiger partial charge is 0.387 e. The molecular formula is C9H9ClF2O. The van der Waals surface area contributed by atoms with E-state index in [1.54, 1.807) is 13.0 Å². The number of aryl methyl sites for hydroxylation is 1. The zero-order valence-electron chi connectivity index (χ0n) is 7.06. The van der Waals surface area contributed by atoms with E-state index in [0.717, 1.165) is 11.1 Å². The molecule has 0 aliphatic carbocycles. The number of halogens is 3. The van der Waals surface area contributed by atoms with Crippen molar-refractivity contribution in [2.45, 2.75) is 19.4 Å². The largest absolute Gasteiger partial charge is 0.435 e. The fourth-order valence-electron chi connectivity index (χ4n) is 1.07. The zero-order valence-corrected chi connectivity index (χ0v) is 7.81. The van der Waals surface area contributed by atoms with E-state index in [1.807, 2.05) is 6.07 Å². The van der Waals surface area contributed by atoms with Crippen molar-refractivity contribution < 1.29 is 13.5 Å². The maximum absolute atomic E-state index is 11.8. The van der Waals surface area contributed by atoms with Crippen LogP contribution < -0.4 is 4.74 Å². The van der Waals surface area contributed by atoms with Gasteiger partial charge < -0.3 is 4.74 Å². The molecule has 72 valence electrons. The predicted octanol–water partition coefficient (Wildman–Crippen LogP) is 3.34. The summed E-state index contributed by atoms with van der Waals surface area (Å²) >= 11 is 5.56. The fraction of sp³-hybridized carbons (Fsp3) is 0.333. The van der Waals surface area contributed by atoms with Crippen molar-refractivity contribution in [3.8, 4) is 5.75 Å². The van der Waals surface area contributed by atoms with E-state index >= 15 is 0 Å². The average molecular weight is 207 g/mol. The highest BCUT2D eigenvalue weighted by Crippen LogP contribution is 2.19. The van der Waals surface area contributed by atoms with Gasteiger partial charge in [0.1, 0.15) is 5.75 Å². The highest BCUT2D eigenvalue weighted by Gasteiger charge is 2.05. The van der Waals surface area contributed by atoms with Crippen molar-refractivity contribution in [2.24, 2.45) is 0 Å². The zero-order chi connectivity index (χ0) is 9.84. The van der Waals surface area contributed by atoms with Gasteiger partial charge in [0.2, 0.25) is 0 Å². The van der Waals surface area contributed by atoms with Crippen LogP contribution in [0.1, 0.15) is 11.1 Å². The molecule has 0 N–H and O–H groups in total. The van der Waals surface area contributed by atoms with Gasteiger partial charge in [0.05, 0.1) is 0 Å². The third-order valence-corrected chi connectivity index (χ3v) is 1.80.